The van der Waals surface area contributed by atoms with E-state index in [0.29, 0.717) is 5.82 Å². The topological polar surface area (TPSA) is 74.3 Å². The SMILES string of the molecule is COc1ccccc1N1CCN(c2cn[nH]c(=O)n2)CC1. The van der Waals surface area contributed by atoms with Gasteiger partial charge in [0.25, 0.3) is 0 Å². The fourth-order valence-electron chi connectivity index (χ4n) is 2.52. The molecule has 2 aromatic rings. The Kier molecular flexibility index (Phi) is 3.72. The molecule has 1 aromatic carbocycles. The minimum Gasteiger partial charge on any atom is -0.495 e. The minimum atomic E-state index is -0.417. The van der Waals surface area contributed by atoms with E-state index in [-0.39, 0.29) is 0 Å². The molecule has 110 valence electrons. The molecule has 1 fully saturated rings. The molecule has 0 atom stereocenters. The normalized spacial score (nSPS) is 15.1. The average Bonchev–Trinajstić information content (AvgIpc) is 2.55. The smallest absolute Gasteiger partial charge is 0.363 e. The Bertz CT molecular complexity index is 664. The second-order valence-electron chi connectivity index (χ2n) is 4.79. The summed E-state index contributed by atoms with van der Waals surface area (Å²) in [5, 5.41) is 6.08. The van der Waals surface area contributed by atoms with Gasteiger partial charge in [-0.25, -0.2) is 9.89 Å². The molecule has 0 unspecified atom stereocenters. The molecule has 21 heavy (non-hydrogen) atoms. The Morgan fingerprint density at radius 3 is 2.57 bits per heavy atom. The van der Waals surface area contributed by atoms with Crippen LogP contribution in [-0.4, -0.2) is 48.5 Å². The van der Waals surface area contributed by atoms with E-state index in [1.807, 2.05) is 18.2 Å². The quantitative estimate of drug-likeness (QED) is 0.886. The summed E-state index contributed by atoms with van der Waals surface area (Å²) in [7, 11) is 1.68. The second-order valence-corrected chi connectivity index (χ2v) is 4.79. The third kappa shape index (κ3) is 2.81. The summed E-state index contributed by atoms with van der Waals surface area (Å²) in [5.41, 5.74) is 0.677. The summed E-state index contributed by atoms with van der Waals surface area (Å²) < 4.78 is 5.40. The molecule has 3 rings (SSSR count). The first kappa shape index (κ1) is 13.4. The van der Waals surface area contributed by atoms with Crippen LogP contribution in [0.15, 0.2) is 35.3 Å². The van der Waals surface area contributed by atoms with E-state index in [2.05, 4.69) is 31.0 Å². The molecule has 7 heteroatoms. The van der Waals surface area contributed by atoms with Crippen LogP contribution in [0.3, 0.4) is 0 Å². The monoisotopic (exact) mass is 287 g/mol. The number of para-hydroxylation sites is 2. The number of aromatic nitrogens is 3. The van der Waals surface area contributed by atoms with Gasteiger partial charge in [0, 0.05) is 26.2 Å². The van der Waals surface area contributed by atoms with Gasteiger partial charge in [-0.15, -0.1) is 0 Å². The third-order valence-corrected chi connectivity index (χ3v) is 3.59. The summed E-state index contributed by atoms with van der Waals surface area (Å²) in [6, 6.07) is 7.99. The number of nitrogens with one attached hydrogen (secondary N) is 1. The van der Waals surface area contributed by atoms with Crippen molar-refractivity contribution in [1.29, 1.82) is 0 Å². The molecule has 0 bridgehead atoms. The van der Waals surface area contributed by atoms with Crippen LogP contribution in [0.1, 0.15) is 0 Å². The first-order valence-corrected chi connectivity index (χ1v) is 6.82. The number of ether oxygens (including phenoxy) is 1. The first-order chi connectivity index (χ1) is 10.3. The zero-order valence-corrected chi connectivity index (χ0v) is 11.8. The van der Waals surface area contributed by atoms with Crippen molar-refractivity contribution in [2.24, 2.45) is 0 Å². The number of nitrogens with zero attached hydrogens (tertiary/aromatic N) is 4. The van der Waals surface area contributed by atoms with Crippen LogP contribution < -0.4 is 20.2 Å². The van der Waals surface area contributed by atoms with Crippen LogP contribution in [-0.2, 0) is 0 Å². The molecule has 7 nitrogen and oxygen atoms in total. The van der Waals surface area contributed by atoms with Gasteiger partial charge in [0.1, 0.15) is 5.75 Å². The van der Waals surface area contributed by atoms with Gasteiger partial charge in [-0.05, 0) is 12.1 Å². The number of hydrogen-bond donors (Lipinski definition) is 1. The van der Waals surface area contributed by atoms with E-state index in [1.54, 1.807) is 13.3 Å². The number of anilines is 2. The van der Waals surface area contributed by atoms with E-state index in [1.165, 1.54) is 0 Å². The highest BCUT2D eigenvalue weighted by Crippen LogP contribution is 2.28. The predicted molar refractivity (Wildman–Crippen MR) is 80.1 cm³/mol. The molecule has 0 spiro atoms. The lowest BCUT2D eigenvalue weighted by atomic mass is 10.2. The van der Waals surface area contributed by atoms with Crippen molar-refractivity contribution >= 4 is 11.5 Å². The zero-order valence-electron chi connectivity index (χ0n) is 11.8. The lowest BCUT2D eigenvalue weighted by Crippen LogP contribution is -2.47. The number of piperazine rings is 1. The van der Waals surface area contributed by atoms with Gasteiger partial charge in [0.15, 0.2) is 5.82 Å². The molecule has 1 aromatic heterocycles. The van der Waals surface area contributed by atoms with Gasteiger partial charge in [0.2, 0.25) is 0 Å². The van der Waals surface area contributed by atoms with Crippen LogP contribution in [0.4, 0.5) is 11.5 Å². The van der Waals surface area contributed by atoms with Gasteiger partial charge in [0.05, 0.1) is 19.0 Å². The van der Waals surface area contributed by atoms with Crippen LogP contribution in [0.2, 0.25) is 0 Å². The second kappa shape index (κ2) is 5.82. The molecular formula is C14H17N5O2. The van der Waals surface area contributed by atoms with E-state index in [0.717, 1.165) is 37.6 Å². The van der Waals surface area contributed by atoms with Crippen molar-refractivity contribution in [3.8, 4) is 5.75 Å². The molecule has 0 saturated carbocycles. The van der Waals surface area contributed by atoms with E-state index < -0.39 is 5.69 Å². The van der Waals surface area contributed by atoms with E-state index in [4.69, 9.17) is 4.74 Å². The number of hydrogen-bond acceptors (Lipinski definition) is 6. The maximum absolute atomic E-state index is 11.2. The van der Waals surface area contributed by atoms with Gasteiger partial charge in [-0.2, -0.15) is 10.1 Å². The number of benzene rings is 1. The maximum atomic E-state index is 11.2. The van der Waals surface area contributed by atoms with Crippen LogP contribution in [0.5, 0.6) is 5.75 Å². The van der Waals surface area contributed by atoms with Crippen molar-refractivity contribution < 1.29 is 4.74 Å². The van der Waals surface area contributed by atoms with Crippen molar-refractivity contribution in [3.63, 3.8) is 0 Å². The highest BCUT2D eigenvalue weighted by Gasteiger charge is 2.20. The molecular weight excluding hydrogens is 270 g/mol. The van der Waals surface area contributed by atoms with Gasteiger partial charge in [-0.1, -0.05) is 12.1 Å². The summed E-state index contributed by atoms with van der Waals surface area (Å²) >= 11 is 0. The third-order valence-electron chi connectivity index (χ3n) is 3.59. The highest BCUT2D eigenvalue weighted by atomic mass is 16.5. The molecule has 2 heterocycles. The molecule has 1 N–H and O–H groups in total. The van der Waals surface area contributed by atoms with Crippen molar-refractivity contribution in [2.45, 2.75) is 0 Å². The van der Waals surface area contributed by atoms with Gasteiger partial charge < -0.3 is 14.5 Å². The van der Waals surface area contributed by atoms with E-state index in [9.17, 15) is 4.79 Å². The Balaban J connectivity index is 1.72. The number of methoxy groups -OCH3 is 1. The molecule has 1 saturated heterocycles. The summed E-state index contributed by atoms with van der Waals surface area (Å²) in [4.78, 5) is 19.5. The number of aromatic amines is 1. The van der Waals surface area contributed by atoms with Gasteiger partial charge >= 0.3 is 5.69 Å². The summed E-state index contributed by atoms with van der Waals surface area (Å²) in [6.07, 6.45) is 1.58. The average molecular weight is 287 g/mol. The summed E-state index contributed by atoms with van der Waals surface area (Å²) in [5.74, 6) is 1.50. The van der Waals surface area contributed by atoms with Crippen molar-refractivity contribution in [1.82, 2.24) is 15.2 Å². The summed E-state index contributed by atoms with van der Waals surface area (Å²) in [6.45, 7) is 3.26. The minimum absolute atomic E-state index is 0.417. The Hall–Kier alpha value is -2.57. The van der Waals surface area contributed by atoms with Crippen molar-refractivity contribution in [3.05, 3.63) is 40.9 Å². The Morgan fingerprint density at radius 2 is 1.86 bits per heavy atom. The number of H-pyrrole nitrogens is 1. The molecule has 0 aliphatic carbocycles. The lowest BCUT2D eigenvalue weighted by molar-refractivity contribution is 0.413. The Morgan fingerprint density at radius 1 is 1.14 bits per heavy atom. The molecule has 1 aliphatic heterocycles. The predicted octanol–water partition coefficient (Wildman–Crippen LogP) is 0.500. The zero-order chi connectivity index (χ0) is 14.7. The standard InChI is InChI=1S/C14H17N5O2/c1-21-12-5-3-2-4-11(12)18-6-8-19(9-7-18)13-10-15-17-14(20)16-13/h2-5,10H,6-9H2,1H3,(H,16,17,20). The molecule has 0 radical (unpaired) electrons. The molecule has 1 aliphatic rings. The largest absolute Gasteiger partial charge is 0.495 e. The molecule has 0 amide bonds. The van der Waals surface area contributed by atoms with Crippen LogP contribution >= 0.6 is 0 Å². The fraction of sp³-hybridized carbons (Fsp3) is 0.357. The fourth-order valence-corrected chi connectivity index (χ4v) is 2.52. The maximum Gasteiger partial charge on any atom is 0.363 e. The first-order valence-electron chi connectivity index (χ1n) is 6.82. The van der Waals surface area contributed by atoms with Crippen LogP contribution in [0.25, 0.3) is 0 Å². The van der Waals surface area contributed by atoms with Gasteiger partial charge in [-0.3, -0.25) is 0 Å². The van der Waals surface area contributed by atoms with Crippen LogP contribution in [0, 0.1) is 0 Å². The van der Waals surface area contributed by atoms with E-state index >= 15 is 0 Å². The number of rotatable bonds is 3. The Labute approximate surface area is 122 Å². The lowest BCUT2D eigenvalue weighted by Gasteiger charge is -2.36. The highest BCUT2D eigenvalue weighted by molar-refractivity contribution is 5.59. The van der Waals surface area contributed by atoms with Crippen molar-refractivity contribution in [2.75, 3.05) is 43.1 Å².